The zero-order valence-corrected chi connectivity index (χ0v) is 18.5. The van der Waals surface area contributed by atoms with Gasteiger partial charge in [0.2, 0.25) is 5.91 Å². The molecule has 8 heteroatoms. The van der Waals surface area contributed by atoms with E-state index in [-0.39, 0.29) is 11.8 Å². The smallest absolute Gasteiger partial charge is 0.255 e. The number of likely N-dealkylation sites (N-methyl/N-ethyl adjacent to an activating group) is 1. The zero-order chi connectivity index (χ0) is 21.1. The predicted molar refractivity (Wildman–Crippen MR) is 117 cm³/mol. The summed E-state index contributed by atoms with van der Waals surface area (Å²) in [6.07, 6.45) is 3.91. The molecule has 2 aliphatic rings. The zero-order valence-electron chi connectivity index (χ0n) is 17.7. The molecule has 7 nitrogen and oxygen atoms in total. The number of carbonyl (C=O) groups excluding carboxylic acids is 2. The van der Waals surface area contributed by atoms with Crippen molar-refractivity contribution in [3.05, 3.63) is 45.7 Å². The third-order valence-corrected chi connectivity index (χ3v) is 6.91. The molecule has 0 aromatic carbocycles. The van der Waals surface area contributed by atoms with Gasteiger partial charge < -0.3 is 14.7 Å². The fourth-order valence-electron chi connectivity index (χ4n) is 4.15. The summed E-state index contributed by atoms with van der Waals surface area (Å²) in [6.45, 7) is 6.81. The number of hydrogen-bond donors (Lipinski definition) is 0. The Bertz CT molecular complexity index is 881. The number of nitrogens with zero attached hydrogens (tertiary/aromatic N) is 5. The fraction of sp³-hybridized carbons (Fsp3) is 0.545. The number of likely N-dealkylation sites (tertiary alicyclic amines) is 1. The first-order chi connectivity index (χ1) is 14.5. The van der Waals surface area contributed by atoms with Crippen LogP contribution in [0.3, 0.4) is 0 Å². The number of aryl methyl sites for hydroxylation is 1. The van der Waals surface area contributed by atoms with E-state index in [1.165, 1.54) is 0 Å². The minimum Gasteiger partial charge on any atom is -0.342 e. The molecule has 2 aliphatic heterocycles. The van der Waals surface area contributed by atoms with E-state index >= 15 is 0 Å². The highest BCUT2D eigenvalue weighted by atomic mass is 32.1. The van der Waals surface area contributed by atoms with Crippen LogP contribution in [0.15, 0.2) is 23.7 Å². The summed E-state index contributed by atoms with van der Waals surface area (Å²) in [5.74, 6) is 0.558. The van der Waals surface area contributed by atoms with Crippen LogP contribution in [-0.2, 0) is 11.2 Å². The van der Waals surface area contributed by atoms with Crippen molar-refractivity contribution in [2.75, 3.05) is 46.3 Å². The van der Waals surface area contributed by atoms with E-state index in [4.69, 9.17) is 0 Å². The molecule has 0 saturated carbocycles. The van der Waals surface area contributed by atoms with Gasteiger partial charge in [-0.25, -0.2) is 4.98 Å². The van der Waals surface area contributed by atoms with Crippen LogP contribution in [0.5, 0.6) is 0 Å². The SMILES string of the molecule is Cc1nc(CC(=O)N2CCC(c3ccc(C(=O)N4CCN(C)CC4)cn3)CC2)cs1. The average molecular weight is 428 g/mol. The van der Waals surface area contributed by atoms with Gasteiger partial charge in [-0.05, 0) is 38.9 Å². The van der Waals surface area contributed by atoms with Gasteiger partial charge in [-0.1, -0.05) is 0 Å². The number of aromatic nitrogens is 2. The summed E-state index contributed by atoms with van der Waals surface area (Å²) in [5.41, 5.74) is 2.55. The lowest BCUT2D eigenvalue weighted by molar-refractivity contribution is -0.131. The van der Waals surface area contributed by atoms with Crippen LogP contribution >= 0.6 is 11.3 Å². The van der Waals surface area contributed by atoms with Crippen molar-refractivity contribution in [3.8, 4) is 0 Å². The molecule has 0 aliphatic carbocycles. The lowest BCUT2D eigenvalue weighted by Gasteiger charge is -2.33. The third-order valence-electron chi connectivity index (χ3n) is 6.09. The van der Waals surface area contributed by atoms with E-state index in [1.807, 2.05) is 34.2 Å². The highest BCUT2D eigenvalue weighted by Crippen LogP contribution is 2.27. The van der Waals surface area contributed by atoms with Gasteiger partial charge in [-0.3, -0.25) is 14.6 Å². The van der Waals surface area contributed by atoms with Gasteiger partial charge in [-0.2, -0.15) is 0 Å². The summed E-state index contributed by atoms with van der Waals surface area (Å²) in [4.78, 5) is 40.3. The second kappa shape index (κ2) is 9.22. The molecule has 4 heterocycles. The normalized spacial score (nSPS) is 18.6. The van der Waals surface area contributed by atoms with Gasteiger partial charge in [0.05, 0.1) is 22.7 Å². The highest BCUT2D eigenvalue weighted by Gasteiger charge is 2.26. The maximum absolute atomic E-state index is 12.7. The molecule has 2 aromatic rings. The first-order valence-corrected chi connectivity index (χ1v) is 11.5. The average Bonchev–Trinajstić information content (AvgIpc) is 3.18. The van der Waals surface area contributed by atoms with Crippen molar-refractivity contribution in [2.45, 2.75) is 32.1 Å². The Morgan fingerprint density at radius 1 is 1.07 bits per heavy atom. The standard InChI is InChI=1S/C22H29N5O2S/c1-16-24-19(15-30-16)13-21(28)26-7-5-17(6-8-26)20-4-3-18(14-23-20)22(29)27-11-9-25(2)10-12-27/h3-4,14-15,17H,5-13H2,1-2H3. The molecule has 2 fully saturated rings. The van der Waals surface area contributed by atoms with Crippen molar-refractivity contribution >= 4 is 23.2 Å². The van der Waals surface area contributed by atoms with E-state index in [0.717, 1.165) is 68.5 Å². The number of carbonyl (C=O) groups is 2. The van der Waals surface area contributed by atoms with Gasteiger partial charge in [0.15, 0.2) is 0 Å². The van der Waals surface area contributed by atoms with E-state index in [9.17, 15) is 9.59 Å². The number of hydrogen-bond acceptors (Lipinski definition) is 6. The monoisotopic (exact) mass is 427 g/mol. The summed E-state index contributed by atoms with van der Waals surface area (Å²) in [6, 6.07) is 3.90. The van der Waals surface area contributed by atoms with Gasteiger partial charge in [0.25, 0.3) is 5.91 Å². The van der Waals surface area contributed by atoms with Gasteiger partial charge in [-0.15, -0.1) is 11.3 Å². The first kappa shape index (κ1) is 20.9. The Morgan fingerprint density at radius 3 is 2.40 bits per heavy atom. The molecule has 0 atom stereocenters. The molecule has 0 N–H and O–H groups in total. The fourth-order valence-corrected chi connectivity index (χ4v) is 4.76. The molecule has 2 saturated heterocycles. The molecule has 0 unspecified atom stereocenters. The van der Waals surface area contributed by atoms with Gasteiger partial charge in [0, 0.05) is 62.5 Å². The molecule has 0 bridgehead atoms. The molecular formula is C22H29N5O2S. The van der Waals surface area contributed by atoms with Crippen molar-refractivity contribution in [3.63, 3.8) is 0 Å². The minimum atomic E-state index is 0.0693. The van der Waals surface area contributed by atoms with E-state index < -0.39 is 0 Å². The molecule has 4 rings (SSSR count). The van der Waals surface area contributed by atoms with Gasteiger partial charge >= 0.3 is 0 Å². The first-order valence-electron chi connectivity index (χ1n) is 10.6. The Kier molecular flexibility index (Phi) is 6.43. The highest BCUT2D eigenvalue weighted by molar-refractivity contribution is 7.09. The Hall–Kier alpha value is -2.32. The van der Waals surface area contributed by atoms with Gasteiger partial charge in [0.1, 0.15) is 0 Å². The van der Waals surface area contributed by atoms with Crippen molar-refractivity contribution in [2.24, 2.45) is 0 Å². The number of pyridine rings is 1. The lowest BCUT2D eigenvalue weighted by Crippen LogP contribution is -2.47. The van der Waals surface area contributed by atoms with Crippen LogP contribution in [0, 0.1) is 6.92 Å². The third kappa shape index (κ3) is 4.87. The van der Waals surface area contributed by atoms with E-state index in [1.54, 1.807) is 17.5 Å². The summed E-state index contributed by atoms with van der Waals surface area (Å²) >= 11 is 1.58. The Morgan fingerprint density at radius 2 is 1.80 bits per heavy atom. The van der Waals surface area contributed by atoms with Crippen molar-refractivity contribution < 1.29 is 9.59 Å². The second-order valence-corrected chi connectivity index (χ2v) is 9.32. The Labute approximate surface area is 181 Å². The van der Waals surface area contributed by atoms with E-state index in [0.29, 0.717) is 17.9 Å². The molecule has 2 amide bonds. The van der Waals surface area contributed by atoms with Crippen LogP contribution in [0.2, 0.25) is 0 Å². The topological polar surface area (TPSA) is 69.6 Å². The number of rotatable bonds is 4. The van der Waals surface area contributed by atoms with Crippen molar-refractivity contribution in [1.29, 1.82) is 0 Å². The molecule has 0 spiro atoms. The number of thiazole rings is 1. The summed E-state index contributed by atoms with van der Waals surface area (Å²) in [5, 5.41) is 2.96. The Balaban J connectivity index is 1.29. The molecule has 0 radical (unpaired) electrons. The molecular weight excluding hydrogens is 398 g/mol. The number of amides is 2. The van der Waals surface area contributed by atoms with Crippen LogP contribution in [0.4, 0.5) is 0 Å². The quantitative estimate of drug-likeness (QED) is 0.748. The summed E-state index contributed by atoms with van der Waals surface area (Å²) in [7, 11) is 2.08. The van der Waals surface area contributed by atoms with Crippen LogP contribution in [0.25, 0.3) is 0 Å². The number of piperidine rings is 1. The second-order valence-electron chi connectivity index (χ2n) is 8.26. The molecule has 160 valence electrons. The van der Waals surface area contributed by atoms with Crippen LogP contribution in [0.1, 0.15) is 45.5 Å². The van der Waals surface area contributed by atoms with Crippen molar-refractivity contribution in [1.82, 2.24) is 24.7 Å². The number of piperazine rings is 1. The lowest BCUT2D eigenvalue weighted by atomic mass is 9.92. The molecule has 2 aromatic heterocycles. The maximum Gasteiger partial charge on any atom is 0.255 e. The van der Waals surface area contributed by atoms with E-state index in [2.05, 4.69) is 21.9 Å². The van der Waals surface area contributed by atoms with Crippen LogP contribution in [-0.4, -0.2) is 82.8 Å². The summed E-state index contributed by atoms with van der Waals surface area (Å²) < 4.78 is 0. The van der Waals surface area contributed by atoms with Crippen LogP contribution < -0.4 is 0 Å². The molecule has 30 heavy (non-hydrogen) atoms. The predicted octanol–water partition coefficient (Wildman–Crippen LogP) is 2.18. The minimum absolute atomic E-state index is 0.0693. The maximum atomic E-state index is 12.7. The largest absolute Gasteiger partial charge is 0.342 e.